The van der Waals surface area contributed by atoms with Gasteiger partial charge in [-0.15, -0.1) is 11.3 Å². The van der Waals surface area contributed by atoms with Crippen molar-refractivity contribution in [3.8, 4) is 5.75 Å². The van der Waals surface area contributed by atoms with Crippen molar-refractivity contribution in [2.75, 3.05) is 27.2 Å². The predicted molar refractivity (Wildman–Crippen MR) is 114 cm³/mol. The van der Waals surface area contributed by atoms with Crippen LogP contribution in [0.4, 0.5) is 0 Å². The number of ether oxygens (including phenoxy) is 1. The number of likely N-dealkylation sites (tertiary alicyclic amines) is 1. The number of para-hydroxylation sites is 1. The minimum atomic E-state index is -0.131. The van der Waals surface area contributed by atoms with Crippen LogP contribution in [0, 0.1) is 6.92 Å². The highest BCUT2D eigenvalue weighted by molar-refractivity contribution is 7.11. The number of carbonyl (C=O) groups excluding carboxylic acids is 1. The Morgan fingerprint density at radius 1 is 1.21 bits per heavy atom. The van der Waals surface area contributed by atoms with Crippen LogP contribution in [0.25, 0.3) is 0 Å². The molecule has 1 amide bonds. The monoisotopic (exact) mass is 398 g/mol. The third-order valence-corrected chi connectivity index (χ3v) is 7.15. The summed E-state index contributed by atoms with van der Waals surface area (Å²) < 4.78 is 6.59. The van der Waals surface area contributed by atoms with E-state index in [1.165, 1.54) is 15.3 Å². The zero-order chi connectivity index (χ0) is 19.7. The van der Waals surface area contributed by atoms with E-state index in [0.717, 1.165) is 44.6 Å². The van der Waals surface area contributed by atoms with Gasteiger partial charge in [-0.3, -0.25) is 9.69 Å². The largest absolute Gasteiger partial charge is 0.487 e. The molecule has 0 aliphatic carbocycles. The SMILES string of the molecule is Cc1ccc(CN2CCC3(CC2)CC(CC(=O)N(C)C)c2ccccc2O3)s1. The second-order valence-electron chi connectivity index (χ2n) is 8.50. The number of thiophene rings is 1. The van der Waals surface area contributed by atoms with E-state index in [9.17, 15) is 4.79 Å². The van der Waals surface area contributed by atoms with Crippen LogP contribution >= 0.6 is 11.3 Å². The summed E-state index contributed by atoms with van der Waals surface area (Å²) in [5, 5.41) is 0. The number of rotatable bonds is 4. The molecule has 0 bridgehead atoms. The number of amides is 1. The van der Waals surface area contributed by atoms with Gasteiger partial charge in [0.05, 0.1) is 0 Å². The van der Waals surface area contributed by atoms with Crippen LogP contribution in [0.3, 0.4) is 0 Å². The highest BCUT2D eigenvalue weighted by atomic mass is 32.1. The number of benzene rings is 1. The fourth-order valence-corrected chi connectivity index (χ4v) is 5.47. The van der Waals surface area contributed by atoms with Gasteiger partial charge in [0.25, 0.3) is 0 Å². The van der Waals surface area contributed by atoms with Crippen LogP contribution in [-0.4, -0.2) is 48.5 Å². The highest BCUT2D eigenvalue weighted by Crippen LogP contribution is 2.46. The molecular formula is C23H30N2O2S. The van der Waals surface area contributed by atoms with Crippen molar-refractivity contribution in [1.82, 2.24) is 9.80 Å². The standard InChI is InChI=1S/C23H30N2O2S/c1-17-8-9-19(28-17)16-25-12-10-23(11-13-25)15-18(14-22(26)24(2)3)20-6-4-5-7-21(20)27-23/h4-9,18H,10-16H2,1-3H3. The smallest absolute Gasteiger partial charge is 0.222 e. The number of piperidine rings is 1. The van der Waals surface area contributed by atoms with Crippen molar-refractivity contribution in [2.24, 2.45) is 0 Å². The fourth-order valence-electron chi connectivity index (χ4n) is 4.54. The summed E-state index contributed by atoms with van der Waals surface area (Å²) in [6.45, 7) is 5.30. The van der Waals surface area contributed by atoms with E-state index in [1.54, 1.807) is 4.90 Å². The number of fused-ring (bicyclic) bond motifs is 1. The Kier molecular flexibility index (Phi) is 5.48. The second-order valence-corrected chi connectivity index (χ2v) is 9.88. The minimum Gasteiger partial charge on any atom is -0.487 e. The Balaban J connectivity index is 1.47. The molecule has 1 spiro atoms. The normalized spacial score (nSPS) is 21.2. The second kappa shape index (κ2) is 7.88. The molecule has 1 aromatic carbocycles. The molecule has 2 aromatic rings. The Labute approximate surface area is 172 Å². The Hall–Kier alpha value is -1.85. The molecule has 4 rings (SSSR count). The molecule has 3 heterocycles. The Bertz CT molecular complexity index is 837. The van der Waals surface area contributed by atoms with Crippen molar-refractivity contribution in [1.29, 1.82) is 0 Å². The topological polar surface area (TPSA) is 32.8 Å². The lowest BCUT2D eigenvalue weighted by Crippen LogP contribution is -2.50. The fraction of sp³-hybridized carbons (Fsp3) is 0.522. The summed E-state index contributed by atoms with van der Waals surface area (Å²) in [7, 11) is 3.68. The molecule has 2 aliphatic rings. The quantitative estimate of drug-likeness (QED) is 0.763. The summed E-state index contributed by atoms with van der Waals surface area (Å²) in [6.07, 6.45) is 3.56. The third-order valence-electron chi connectivity index (χ3n) is 6.17. The first-order chi connectivity index (χ1) is 13.4. The summed E-state index contributed by atoms with van der Waals surface area (Å²) >= 11 is 1.89. The van der Waals surface area contributed by atoms with Crippen molar-refractivity contribution >= 4 is 17.2 Å². The van der Waals surface area contributed by atoms with Gasteiger partial charge < -0.3 is 9.64 Å². The van der Waals surface area contributed by atoms with Gasteiger partial charge >= 0.3 is 0 Å². The van der Waals surface area contributed by atoms with Crippen molar-refractivity contribution < 1.29 is 9.53 Å². The van der Waals surface area contributed by atoms with Crippen molar-refractivity contribution in [2.45, 2.75) is 50.7 Å². The molecule has 28 heavy (non-hydrogen) atoms. The molecule has 0 N–H and O–H groups in total. The van der Waals surface area contributed by atoms with Crippen molar-refractivity contribution in [3.05, 3.63) is 51.7 Å². The molecule has 1 atom stereocenters. The van der Waals surface area contributed by atoms with Gasteiger partial charge in [0.2, 0.25) is 5.91 Å². The van der Waals surface area contributed by atoms with Crippen LogP contribution in [0.2, 0.25) is 0 Å². The van der Waals surface area contributed by atoms with Gasteiger partial charge in [-0.25, -0.2) is 0 Å². The molecule has 1 unspecified atom stereocenters. The summed E-state index contributed by atoms with van der Waals surface area (Å²) in [6, 6.07) is 12.8. The first-order valence-electron chi connectivity index (χ1n) is 10.2. The first-order valence-corrected chi connectivity index (χ1v) is 11.0. The van der Waals surface area contributed by atoms with Gasteiger partial charge in [-0.05, 0) is 49.9 Å². The number of hydrogen-bond donors (Lipinski definition) is 0. The summed E-state index contributed by atoms with van der Waals surface area (Å²) in [5.74, 6) is 1.42. The van der Waals surface area contributed by atoms with Crippen LogP contribution in [0.5, 0.6) is 5.75 Å². The molecule has 1 saturated heterocycles. The maximum absolute atomic E-state index is 12.4. The number of hydrogen-bond acceptors (Lipinski definition) is 4. The number of carbonyl (C=O) groups is 1. The number of aryl methyl sites for hydroxylation is 1. The average molecular weight is 399 g/mol. The van der Waals surface area contributed by atoms with E-state index in [2.05, 4.69) is 42.2 Å². The molecule has 2 aliphatic heterocycles. The lowest BCUT2D eigenvalue weighted by Gasteiger charge is -2.47. The molecule has 0 saturated carbocycles. The Morgan fingerprint density at radius 2 is 1.96 bits per heavy atom. The maximum atomic E-state index is 12.4. The zero-order valence-electron chi connectivity index (χ0n) is 17.1. The summed E-state index contributed by atoms with van der Waals surface area (Å²) in [5.41, 5.74) is 1.06. The molecule has 1 fully saturated rings. The minimum absolute atomic E-state index is 0.131. The van der Waals surface area contributed by atoms with Crippen LogP contribution in [0.15, 0.2) is 36.4 Å². The van der Waals surface area contributed by atoms with Gasteiger partial charge in [0.15, 0.2) is 0 Å². The van der Waals surface area contributed by atoms with Gasteiger partial charge in [0.1, 0.15) is 11.4 Å². The highest BCUT2D eigenvalue weighted by Gasteiger charge is 2.43. The number of nitrogens with zero attached hydrogens (tertiary/aromatic N) is 2. The average Bonchev–Trinajstić information content (AvgIpc) is 3.08. The van der Waals surface area contributed by atoms with Crippen LogP contribution in [-0.2, 0) is 11.3 Å². The van der Waals surface area contributed by atoms with Crippen LogP contribution < -0.4 is 4.74 Å². The van der Waals surface area contributed by atoms with Crippen LogP contribution in [0.1, 0.15) is 46.9 Å². The van der Waals surface area contributed by atoms with Gasteiger partial charge in [-0.1, -0.05) is 18.2 Å². The molecule has 1 aromatic heterocycles. The van der Waals surface area contributed by atoms with E-state index in [-0.39, 0.29) is 17.4 Å². The third kappa shape index (κ3) is 4.11. The first kappa shape index (κ1) is 19.5. The molecule has 0 radical (unpaired) electrons. The lowest BCUT2D eigenvalue weighted by molar-refractivity contribution is -0.129. The maximum Gasteiger partial charge on any atom is 0.222 e. The van der Waals surface area contributed by atoms with E-state index in [0.29, 0.717) is 6.42 Å². The zero-order valence-corrected chi connectivity index (χ0v) is 17.9. The lowest BCUT2D eigenvalue weighted by atomic mass is 9.76. The Morgan fingerprint density at radius 3 is 2.64 bits per heavy atom. The van der Waals surface area contributed by atoms with E-state index in [1.807, 2.05) is 31.5 Å². The van der Waals surface area contributed by atoms with Gasteiger partial charge in [0, 0.05) is 55.8 Å². The molecular weight excluding hydrogens is 368 g/mol. The van der Waals surface area contributed by atoms with Crippen molar-refractivity contribution in [3.63, 3.8) is 0 Å². The van der Waals surface area contributed by atoms with E-state index in [4.69, 9.17) is 4.74 Å². The molecule has 150 valence electrons. The van der Waals surface area contributed by atoms with E-state index < -0.39 is 0 Å². The predicted octanol–water partition coefficient (Wildman–Crippen LogP) is 4.44. The molecule has 5 heteroatoms. The summed E-state index contributed by atoms with van der Waals surface area (Å²) in [4.78, 5) is 19.5. The van der Waals surface area contributed by atoms with Gasteiger partial charge in [-0.2, -0.15) is 0 Å². The molecule has 4 nitrogen and oxygen atoms in total. The van der Waals surface area contributed by atoms with E-state index >= 15 is 0 Å².